The predicted octanol–water partition coefficient (Wildman–Crippen LogP) is 3.14. The molecule has 2 heterocycles. The summed E-state index contributed by atoms with van der Waals surface area (Å²) >= 11 is 1.45. The highest BCUT2D eigenvalue weighted by Gasteiger charge is 2.46. The van der Waals surface area contributed by atoms with E-state index in [2.05, 4.69) is 0 Å². The fourth-order valence-corrected chi connectivity index (χ4v) is 4.40. The molecule has 1 atom stereocenters. The maximum Gasteiger partial charge on any atom is 0.295 e. The lowest BCUT2D eigenvalue weighted by Crippen LogP contribution is -2.32. The number of carbonyl (C=O) groups is 2. The molecule has 1 aliphatic rings. The Kier molecular flexibility index (Phi) is 6.79. The van der Waals surface area contributed by atoms with E-state index in [0.717, 1.165) is 11.4 Å². The lowest BCUT2D eigenvalue weighted by molar-refractivity contribution is -0.139. The molecule has 1 fully saturated rings. The number of hydrogen-bond acceptors (Lipinski definition) is 7. The van der Waals surface area contributed by atoms with E-state index in [4.69, 9.17) is 9.47 Å². The zero-order chi connectivity index (χ0) is 21.8. The molecule has 1 aliphatic heterocycles. The SMILES string of the molecule is COc1ccc(C(O)=C2C(=O)C(=O)N(CCCN(C)C)C2c2cccs2)c(OC)c1. The Bertz CT molecular complexity index is 952. The lowest BCUT2D eigenvalue weighted by atomic mass is 9.99. The smallest absolute Gasteiger partial charge is 0.295 e. The van der Waals surface area contributed by atoms with Crippen LogP contribution in [0.4, 0.5) is 0 Å². The van der Waals surface area contributed by atoms with Gasteiger partial charge in [0.15, 0.2) is 0 Å². The van der Waals surface area contributed by atoms with Crippen LogP contribution in [0, 0.1) is 0 Å². The fourth-order valence-electron chi connectivity index (χ4n) is 3.55. The van der Waals surface area contributed by atoms with Crippen LogP contribution in [0.2, 0.25) is 0 Å². The molecular weight excluding hydrogens is 404 g/mol. The van der Waals surface area contributed by atoms with Gasteiger partial charge < -0.3 is 24.4 Å². The van der Waals surface area contributed by atoms with E-state index >= 15 is 0 Å². The first-order valence-electron chi connectivity index (χ1n) is 9.58. The van der Waals surface area contributed by atoms with Crippen LogP contribution in [-0.2, 0) is 9.59 Å². The van der Waals surface area contributed by atoms with Crippen molar-refractivity contribution in [3.05, 3.63) is 51.7 Å². The quantitative estimate of drug-likeness (QED) is 0.394. The van der Waals surface area contributed by atoms with Crippen molar-refractivity contribution in [3.63, 3.8) is 0 Å². The molecule has 1 aromatic carbocycles. The van der Waals surface area contributed by atoms with Crippen LogP contribution in [0.25, 0.3) is 5.76 Å². The summed E-state index contributed by atoms with van der Waals surface area (Å²) in [7, 11) is 6.92. The second-order valence-electron chi connectivity index (χ2n) is 7.23. The van der Waals surface area contributed by atoms with Crippen LogP contribution in [-0.4, -0.2) is 68.0 Å². The largest absolute Gasteiger partial charge is 0.507 e. The molecule has 1 N–H and O–H groups in total. The van der Waals surface area contributed by atoms with Gasteiger partial charge in [0, 0.05) is 17.5 Å². The lowest BCUT2D eigenvalue weighted by Gasteiger charge is -2.24. The number of amides is 1. The minimum Gasteiger partial charge on any atom is -0.507 e. The number of aliphatic hydroxyl groups excluding tert-OH is 1. The number of thiophene rings is 1. The van der Waals surface area contributed by atoms with Crippen molar-refractivity contribution in [1.82, 2.24) is 9.80 Å². The second kappa shape index (κ2) is 9.32. The molecule has 0 saturated carbocycles. The van der Waals surface area contributed by atoms with Gasteiger partial charge in [-0.3, -0.25) is 9.59 Å². The van der Waals surface area contributed by atoms with Gasteiger partial charge in [0.05, 0.1) is 31.4 Å². The van der Waals surface area contributed by atoms with Crippen molar-refractivity contribution in [3.8, 4) is 11.5 Å². The zero-order valence-corrected chi connectivity index (χ0v) is 18.4. The van der Waals surface area contributed by atoms with Gasteiger partial charge in [-0.2, -0.15) is 0 Å². The van der Waals surface area contributed by atoms with Crippen LogP contribution in [0.5, 0.6) is 11.5 Å². The molecule has 160 valence electrons. The Morgan fingerprint density at radius 1 is 1.20 bits per heavy atom. The van der Waals surface area contributed by atoms with Crippen molar-refractivity contribution in [2.45, 2.75) is 12.5 Å². The van der Waals surface area contributed by atoms with Crippen molar-refractivity contribution >= 4 is 28.8 Å². The average Bonchev–Trinajstić information content (AvgIpc) is 3.35. The van der Waals surface area contributed by atoms with Crippen LogP contribution in [0.3, 0.4) is 0 Å². The van der Waals surface area contributed by atoms with Crippen LogP contribution >= 0.6 is 11.3 Å². The molecule has 0 radical (unpaired) electrons. The Morgan fingerprint density at radius 2 is 1.97 bits per heavy atom. The number of rotatable bonds is 8. The van der Waals surface area contributed by atoms with Crippen LogP contribution in [0.1, 0.15) is 22.9 Å². The fraction of sp³-hybridized carbons (Fsp3) is 0.364. The first-order valence-corrected chi connectivity index (χ1v) is 10.5. The minimum absolute atomic E-state index is 0.0794. The number of ketones is 1. The normalized spacial score (nSPS) is 18.3. The topological polar surface area (TPSA) is 79.3 Å². The minimum atomic E-state index is -0.686. The molecule has 2 aromatic rings. The van der Waals surface area contributed by atoms with Gasteiger partial charge >= 0.3 is 0 Å². The maximum atomic E-state index is 13.0. The van der Waals surface area contributed by atoms with Crippen molar-refractivity contribution in [1.29, 1.82) is 0 Å². The molecule has 1 unspecified atom stereocenters. The summed E-state index contributed by atoms with van der Waals surface area (Å²) < 4.78 is 10.6. The van der Waals surface area contributed by atoms with Crippen LogP contribution < -0.4 is 9.47 Å². The van der Waals surface area contributed by atoms with Gasteiger partial charge in [0.2, 0.25) is 0 Å². The van der Waals surface area contributed by atoms with E-state index in [9.17, 15) is 14.7 Å². The van der Waals surface area contributed by atoms with Gasteiger partial charge in [0.1, 0.15) is 17.3 Å². The number of hydrogen-bond donors (Lipinski definition) is 1. The molecule has 1 amide bonds. The highest BCUT2D eigenvalue weighted by molar-refractivity contribution is 7.10. The van der Waals surface area contributed by atoms with Gasteiger partial charge in [-0.25, -0.2) is 0 Å². The Balaban J connectivity index is 2.09. The van der Waals surface area contributed by atoms with Crippen molar-refractivity contribution in [2.24, 2.45) is 0 Å². The van der Waals surface area contributed by atoms with Crippen molar-refractivity contribution in [2.75, 3.05) is 41.4 Å². The second-order valence-corrected chi connectivity index (χ2v) is 8.21. The summed E-state index contributed by atoms with van der Waals surface area (Å²) in [4.78, 5) is 30.2. The maximum absolute atomic E-state index is 13.0. The first kappa shape index (κ1) is 21.9. The van der Waals surface area contributed by atoms with Gasteiger partial charge in [0.25, 0.3) is 11.7 Å². The Labute approximate surface area is 180 Å². The molecular formula is C22H26N2O5S. The number of aliphatic hydroxyl groups is 1. The predicted molar refractivity (Wildman–Crippen MR) is 116 cm³/mol. The van der Waals surface area contributed by atoms with E-state index < -0.39 is 17.7 Å². The molecule has 0 aliphatic carbocycles. The number of carbonyl (C=O) groups excluding carboxylic acids is 2. The number of methoxy groups -OCH3 is 2. The molecule has 1 aromatic heterocycles. The number of ether oxygens (including phenoxy) is 2. The van der Waals surface area contributed by atoms with Crippen molar-refractivity contribution < 1.29 is 24.2 Å². The van der Waals surface area contributed by atoms with E-state index in [1.165, 1.54) is 25.6 Å². The summed E-state index contributed by atoms with van der Waals surface area (Å²) in [5.74, 6) is -0.617. The summed E-state index contributed by atoms with van der Waals surface area (Å²) in [5, 5.41) is 13.0. The average molecular weight is 431 g/mol. The van der Waals surface area contributed by atoms with E-state index in [1.54, 1.807) is 23.1 Å². The van der Waals surface area contributed by atoms with Gasteiger partial charge in [-0.05, 0) is 50.6 Å². The number of benzene rings is 1. The molecule has 0 bridgehead atoms. The van der Waals surface area contributed by atoms with Gasteiger partial charge in [-0.1, -0.05) is 6.07 Å². The summed E-state index contributed by atoms with van der Waals surface area (Å²) in [5.41, 5.74) is 0.418. The molecule has 1 saturated heterocycles. The molecule has 3 rings (SSSR count). The molecule has 30 heavy (non-hydrogen) atoms. The monoisotopic (exact) mass is 430 g/mol. The highest BCUT2D eigenvalue weighted by atomic mass is 32.1. The van der Waals surface area contributed by atoms with Gasteiger partial charge in [-0.15, -0.1) is 11.3 Å². The van der Waals surface area contributed by atoms with Crippen LogP contribution in [0.15, 0.2) is 41.3 Å². The molecule has 7 nitrogen and oxygen atoms in total. The number of likely N-dealkylation sites (tertiary alicyclic amines) is 1. The standard InChI is InChI=1S/C22H26N2O5S/c1-23(2)10-6-11-24-19(17-7-5-12-30-17)18(21(26)22(24)27)20(25)15-9-8-14(28-3)13-16(15)29-4/h5,7-9,12-13,19,25H,6,10-11H2,1-4H3. The third kappa shape index (κ3) is 4.20. The summed E-state index contributed by atoms with van der Waals surface area (Å²) in [6, 6.07) is 8.04. The third-order valence-corrected chi connectivity index (χ3v) is 5.95. The van der Waals surface area contributed by atoms with E-state index in [-0.39, 0.29) is 11.3 Å². The number of Topliss-reactive ketones (excluding diaryl/α,β-unsaturated/α-hetero) is 1. The number of nitrogens with zero attached hydrogens (tertiary/aromatic N) is 2. The zero-order valence-electron chi connectivity index (χ0n) is 17.5. The third-order valence-electron chi connectivity index (χ3n) is 5.02. The van der Waals surface area contributed by atoms with E-state index in [0.29, 0.717) is 30.0 Å². The molecule has 8 heteroatoms. The molecule has 0 spiro atoms. The Morgan fingerprint density at radius 3 is 2.57 bits per heavy atom. The van der Waals surface area contributed by atoms with E-state index in [1.807, 2.05) is 36.5 Å². The first-order chi connectivity index (χ1) is 14.4. The Hall–Kier alpha value is -2.84. The summed E-state index contributed by atoms with van der Waals surface area (Å²) in [6.45, 7) is 1.20. The highest BCUT2D eigenvalue weighted by Crippen LogP contribution is 2.42. The summed E-state index contributed by atoms with van der Waals surface area (Å²) in [6.07, 6.45) is 0.716.